The van der Waals surface area contributed by atoms with Crippen LogP contribution in [-0.2, 0) is 22.7 Å². The van der Waals surface area contributed by atoms with Gasteiger partial charge in [0, 0.05) is 43.9 Å². The molecule has 3 aromatic rings. The second-order valence-corrected chi connectivity index (χ2v) is 7.16. The van der Waals surface area contributed by atoms with Gasteiger partial charge in [-0.2, -0.15) is 0 Å². The number of fused-ring (bicyclic) bond motifs is 1. The summed E-state index contributed by atoms with van der Waals surface area (Å²) < 4.78 is 3.36. The Hall–Kier alpha value is -3.35. The summed E-state index contributed by atoms with van der Waals surface area (Å²) in [4.78, 5) is 38.8. The Morgan fingerprint density at radius 3 is 2.48 bits per heavy atom. The molecule has 0 unspecified atom stereocenters. The Labute approximate surface area is 168 Å². The Morgan fingerprint density at radius 2 is 1.79 bits per heavy atom. The molecule has 0 atom stereocenters. The third-order valence-electron chi connectivity index (χ3n) is 5.32. The van der Waals surface area contributed by atoms with Gasteiger partial charge in [-0.3, -0.25) is 18.7 Å². The molecular formula is C22H24N4O3. The second-order valence-electron chi connectivity index (χ2n) is 7.16. The Morgan fingerprint density at radius 1 is 1.03 bits per heavy atom. The van der Waals surface area contributed by atoms with Gasteiger partial charge >= 0.3 is 5.69 Å². The van der Waals surface area contributed by atoms with Crippen LogP contribution in [0, 0.1) is 0 Å². The van der Waals surface area contributed by atoms with Gasteiger partial charge in [-0.15, -0.1) is 0 Å². The zero-order valence-corrected chi connectivity index (χ0v) is 16.4. The predicted molar refractivity (Wildman–Crippen MR) is 113 cm³/mol. The topological polar surface area (TPSA) is 76.3 Å². The average Bonchev–Trinajstić information content (AvgIpc) is 3.27. The lowest BCUT2D eigenvalue weighted by atomic mass is 10.2. The molecule has 2 aromatic carbocycles. The van der Waals surface area contributed by atoms with Crippen LogP contribution in [-0.4, -0.2) is 27.5 Å². The van der Waals surface area contributed by atoms with Crippen molar-refractivity contribution in [2.75, 3.05) is 16.8 Å². The Kier molecular flexibility index (Phi) is 5.20. The van der Waals surface area contributed by atoms with Gasteiger partial charge in [0.2, 0.25) is 11.8 Å². The summed E-state index contributed by atoms with van der Waals surface area (Å²) in [6, 6.07) is 14.9. The molecule has 7 heteroatoms. The number of rotatable bonds is 6. The van der Waals surface area contributed by atoms with Crippen LogP contribution in [0.1, 0.15) is 26.2 Å². The number of aryl methyl sites for hydroxylation is 2. The third kappa shape index (κ3) is 3.68. The maximum absolute atomic E-state index is 12.7. The van der Waals surface area contributed by atoms with Gasteiger partial charge in [-0.1, -0.05) is 18.2 Å². The van der Waals surface area contributed by atoms with E-state index in [1.54, 1.807) is 20.1 Å². The maximum atomic E-state index is 12.7. The van der Waals surface area contributed by atoms with Gasteiger partial charge in [-0.05, 0) is 43.7 Å². The summed E-state index contributed by atoms with van der Waals surface area (Å²) in [6.07, 6.45) is 1.61. The standard InChI is InChI=1S/C22H24N4O3/c1-2-24-18-9-3-4-10-19(18)26(22(24)29)14-12-20(27)23-16-7-5-8-17(15-16)25-13-6-11-21(25)28/h3-5,7-10,15H,2,6,11-14H2,1H3,(H,23,27). The Bertz CT molecular complexity index is 1130. The number of carbonyl (C=O) groups excluding carboxylic acids is 2. The lowest BCUT2D eigenvalue weighted by Crippen LogP contribution is -2.26. The molecule has 0 spiro atoms. The molecule has 7 nitrogen and oxygen atoms in total. The quantitative estimate of drug-likeness (QED) is 0.701. The van der Waals surface area contributed by atoms with E-state index in [1.165, 1.54) is 0 Å². The molecule has 150 valence electrons. The number of aromatic nitrogens is 2. The molecule has 1 aliphatic rings. The van der Waals surface area contributed by atoms with E-state index in [0.29, 0.717) is 31.7 Å². The fourth-order valence-electron chi connectivity index (χ4n) is 3.90. The number of anilines is 2. The summed E-state index contributed by atoms with van der Waals surface area (Å²) in [7, 11) is 0. The van der Waals surface area contributed by atoms with E-state index >= 15 is 0 Å². The van der Waals surface area contributed by atoms with Gasteiger partial charge in [0.15, 0.2) is 0 Å². The van der Waals surface area contributed by atoms with Crippen LogP contribution in [0.15, 0.2) is 53.3 Å². The number of hydrogen-bond acceptors (Lipinski definition) is 3. The van der Waals surface area contributed by atoms with Crippen LogP contribution in [0.5, 0.6) is 0 Å². The highest BCUT2D eigenvalue weighted by Gasteiger charge is 2.21. The van der Waals surface area contributed by atoms with Crippen molar-refractivity contribution in [3.63, 3.8) is 0 Å². The van der Waals surface area contributed by atoms with Crippen molar-refractivity contribution in [2.24, 2.45) is 0 Å². The van der Waals surface area contributed by atoms with E-state index in [2.05, 4.69) is 5.32 Å². The fourth-order valence-corrected chi connectivity index (χ4v) is 3.90. The first-order valence-corrected chi connectivity index (χ1v) is 9.97. The number of amides is 2. The minimum atomic E-state index is -0.171. The molecule has 1 saturated heterocycles. The fraction of sp³-hybridized carbons (Fsp3) is 0.318. The van der Waals surface area contributed by atoms with E-state index in [4.69, 9.17) is 0 Å². The second kappa shape index (κ2) is 7.95. The number of nitrogens with zero attached hydrogens (tertiary/aromatic N) is 3. The monoisotopic (exact) mass is 392 g/mol. The zero-order chi connectivity index (χ0) is 20.4. The molecule has 0 aliphatic carbocycles. The summed E-state index contributed by atoms with van der Waals surface area (Å²) in [6.45, 7) is 3.53. The van der Waals surface area contributed by atoms with E-state index < -0.39 is 0 Å². The molecule has 0 radical (unpaired) electrons. The normalized spacial score (nSPS) is 14.0. The van der Waals surface area contributed by atoms with Crippen molar-refractivity contribution in [2.45, 2.75) is 39.3 Å². The van der Waals surface area contributed by atoms with Gasteiger partial charge in [0.05, 0.1) is 11.0 Å². The smallest absolute Gasteiger partial charge is 0.326 e. The van der Waals surface area contributed by atoms with E-state index in [-0.39, 0.29) is 23.9 Å². The molecular weight excluding hydrogens is 368 g/mol. The molecule has 1 fully saturated rings. The number of carbonyl (C=O) groups is 2. The zero-order valence-electron chi connectivity index (χ0n) is 16.4. The lowest BCUT2D eigenvalue weighted by molar-refractivity contribution is -0.117. The van der Waals surface area contributed by atoms with Gasteiger partial charge < -0.3 is 10.2 Å². The number of nitrogens with one attached hydrogen (secondary N) is 1. The van der Waals surface area contributed by atoms with Crippen LogP contribution in [0.3, 0.4) is 0 Å². The molecule has 1 aliphatic heterocycles. The molecule has 1 N–H and O–H groups in total. The van der Waals surface area contributed by atoms with Crippen molar-refractivity contribution < 1.29 is 9.59 Å². The SMILES string of the molecule is CCn1c(=O)n(CCC(=O)Nc2cccc(N3CCCC3=O)c2)c2ccccc21. The minimum Gasteiger partial charge on any atom is -0.326 e. The summed E-state index contributed by atoms with van der Waals surface area (Å²) in [5, 5.41) is 2.88. The first kappa shape index (κ1) is 19.0. The molecule has 2 heterocycles. The van der Waals surface area contributed by atoms with Crippen LogP contribution in [0.25, 0.3) is 11.0 Å². The molecule has 2 amide bonds. The molecule has 1 aromatic heterocycles. The molecule has 0 bridgehead atoms. The van der Waals surface area contributed by atoms with Crippen LogP contribution in [0.2, 0.25) is 0 Å². The van der Waals surface area contributed by atoms with Crippen molar-refractivity contribution in [3.05, 3.63) is 59.0 Å². The third-order valence-corrected chi connectivity index (χ3v) is 5.32. The molecule has 4 rings (SSSR count). The highest BCUT2D eigenvalue weighted by atomic mass is 16.2. The van der Waals surface area contributed by atoms with Crippen LogP contribution < -0.4 is 15.9 Å². The van der Waals surface area contributed by atoms with E-state index in [9.17, 15) is 14.4 Å². The van der Waals surface area contributed by atoms with Crippen molar-refractivity contribution in [1.82, 2.24) is 9.13 Å². The van der Waals surface area contributed by atoms with Gasteiger partial charge in [0.1, 0.15) is 0 Å². The average molecular weight is 392 g/mol. The van der Waals surface area contributed by atoms with Crippen molar-refractivity contribution >= 4 is 34.2 Å². The van der Waals surface area contributed by atoms with E-state index in [1.807, 2.05) is 49.4 Å². The first-order chi connectivity index (χ1) is 14.1. The predicted octanol–water partition coefficient (Wildman–Crippen LogP) is 2.98. The number of imidazole rings is 1. The summed E-state index contributed by atoms with van der Waals surface area (Å²) in [5.74, 6) is -0.0599. The number of para-hydroxylation sites is 2. The highest BCUT2D eigenvalue weighted by molar-refractivity contribution is 5.97. The van der Waals surface area contributed by atoms with Crippen molar-refractivity contribution in [3.8, 4) is 0 Å². The van der Waals surface area contributed by atoms with Crippen LogP contribution >= 0.6 is 0 Å². The van der Waals surface area contributed by atoms with Crippen molar-refractivity contribution in [1.29, 1.82) is 0 Å². The lowest BCUT2D eigenvalue weighted by Gasteiger charge is -2.16. The van der Waals surface area contributed by atoms with Gasteiger partial charge in [0.25, 0.3) is 0 Å². The maximum Gasteiger partial charge on any atom is 0.329 e. The largest absolute Gasteiger partial charge is 0.329 e. The summed E-state index contributed by atoms with van der Waals surface area (Å²) in [5.41, 5.74) is 3.06. The summed E-state index contributed by atoms with van der Waals surface area (Å²) >= 11 is 0. The first-order valence-electron chi connectivity index (χ1n) is 9.97. The molecule has 29 heavy (non-hydrogen) atoms. The van der Waals surface area contributed by atoms with Gasteiger partial charge in [-0.25, -0.2) is 4.79 Å². The van der Waals surface area contributed by atoms with Crippen LogP contribution in [0.4, 0.5) is 11.4 Å². The number of hydrogen-bond donors (Lipinski definition) is 1. The molecule has 0 saturated carbocycles. The van der Waals surface area contributed by atoms with E-state index in [0.717, 1.165) is 23.1 Å². The highest BCUT2D eigenvalue weighted by Crippen LogP contribution is 2.24. The minimum absolute atomic E-state index is 0.101. The Balaban J connectivity index is 1.46. The number of benzene rings is 2.